The number of carboxylic acids is 1. The third-order valence-electron chi connectivity index (χ3n) is 2.69. The molecule has 0 bridgehead atoms. The van der Waals surface area contributed by atoms with Crippen molar-refractivity contribution in [3.8, 4) is 5.75 Å². The van der Waals surface area contributed by atoms with Crippen molar-refractivity contribution in [1.29, 1.82) is 0 Å². The molecule has 0 aliphatic rings. The molecule has 0 aliphatic heterocycles. The van der Waals surface area contributed by atoms with E-state index in [2.05, 4.69) is 0 Å². The number of aliphatic carboxylic acids is 1. The summed E-state index contributed by atoms with van der Waals surface area (Å²) in [6.07, 6.45) is 0.0331. The lowest BCUT2D eigenvalue weighted by Crippen LogP contribution is -2.34. The van der Waals surface area contributed by atoms with Crippen molar-refractivity contribution in [3.63, 3.8) is 0 Å². The quantitative estimate of drug-likeness (QED) is 0.653. The molecule has 0 saturated carbocycles. The number of aromatic hydroxyl groups is 1. The van der Waals surface area contributed by atoms with Crippen LogP contribution >= 0.6 is 0 Å². The number of carbonyl (C=O) groups is 2. The van der Waals surface area contributed by atoms with Crippen molar-refractivity contribution in [2.75, 3.05) is 0 Å². The van der Waals surface area contributed by atoms with E-state index in [0.717, 1.165) is 0 Å². The van der Waals surface area contributed by atoms with E-state index >= 15 is 0 Å². The van der Waals surface area contributed by atoms with Gasteiger partial charge >= 0.3 is 11.9 Å². The van der Waals surface area contributed by atoms with Crippen LogP contribution in [0.2, 0.25) is 0 Å². The number of hydrogen-bond donors (Lipinski definition) is 2. The SMILES string of the molecule is Cc1cc(CC(C(=O)O)C(=O)OC(C)(C)C)ccc1O. The van der Waals surface area contributed by atoms with Crippen LogP contribution in [-0.4, -0.2) is 27.8 Å². The second kappa shape index (κ2) is 5.94. The van der Waals surface area contributed by atoms with Crippen molar-refractivity contribution in [3.05, 3.63) is 29.3 Å². The van der Waals surface area contributed by atoms with Gasteiger partial charge in [0.15, 0.2) is 5.92 Å². The highest BCUT2D eigenvalue weighted by Crippen LogP contribution is 2.21. The summed E-state index contributed by atoms with van der Waals surface area (Å²) in [5.74, 6) is -3.09. The summed E-state index contributed by atoms with van der Waals surface area (Å²) < 4.78 is 5.12. The third kappa shape index (κ3) is 4.57. The van der Waals surface area contributed by atoms with Gasteiger partial charge in [0.05, 0.1) is 0 Å². The number of phenolic OH excluding ortho intramolecular Hbond substituents is 1. The predicted octanol–water partition coefficient (Wildman–Crippen LogP) is 2.29. The zero-order chi connectivity index (χ0) is 15.5. The molecule has 0 heterocycles. The first-order valence-electron chi connectivity index (χ1n) is 6.34. The van der Waals surface area contributed by atoms with Gasteiger partial charge < -0.3 is 14.9 Å². The molecular formula is C15H20O5. The molecule has 20 heavy (non-hydrogen) atoms. The molecule has 0 radical (unpaired) electrons. The van der Waals surface area contributed by atoms with Gasteiger partial charge in [0, 0.05) is 0 Å². The number of phenols is 1. The van der Waals surface area contributed by atoms with Gasteiger partial charge in [0.25, 0.3) is 0 Å². The summed E-state index contributed by atoms with van der Waals surface area (Å²) in [5, 5.41) is 18.6. The van der Waals surface area contributed by atoms with E-state index in [1.165, 1.54) is 6.07 Å². The lowest BCUT2D eigenvalue weighted by molar-refractivity contribution is -0.166. The molecule has 1 atom stereocenters. The van der Waals surface area contributed by atoms with Crippen LogP contribution in [0.25, 0.3) is 0 Å². The van der Waals surface area contributed by atoms with Crippen LogP contribution in [0, 0.1) is 12.8 Å². The highest BCUT2D eigenvalue weighted by molar-refractivity contribution is 5.94. The average Bonchev–Trinajstić information content (AvgIpc) is 2.27. The maximum Gasteiger partial charge on any atom is 0.321 e. The second-order valence-electron chi connectivity index (χ2n) is 5.75. The minimum Gasteiger partial charge on any atom is -0.508 e. The fraction of sp³-hybridized carbons (Fsp3) is 0.467. The molecule has 5 heteroatoms. The van der Waals surface area contributed by atoms with E-state index in [1.54, 1.807) is 39.8 Å². The Labute approximate surface area is 118 Å². The molecule has 1 aromatic rings. The van der Waals surface area contributed by atoms with Crippen LogP contribution in [-0.2, 0) is 20.7 Å². The topological polar surface area (TPSA) is 83.8 Å². The number of aryl methyl sites for hydroxylation is 1. The third-order valence-corrected chi connectivity index (χ3v) is 2.69. The van der Waals surface area contributed by atoms with Crippen molar-refractivity contribution in [2.45, 2.75) is 39.7 Å². The molecule has 0 aliphatic carbocycles. The summed E-state index contributed by atoms with van der Waals surface area (Å²) in [5.41, 5.74) is 0.574. The molecular weight excluding hydrogens is 260 g/mol. The first kappa shape index (κ1) is 16.0. The molecule has 2 N–H and O–H groups in total. The molecule has 5 nitrogen and oxygen atoms in total. The summed E-state index contributed by atoms with van der Waals surface area (Å²) in [6.45, 7) is 6.78. The number of carbonyl (C=O) groups excluding carboxylic acids is 1. The van der Waals surface area contributed by atoms with Crippen LogP contribution in [0.5, 0.6) is 5.75 Å². The minimum atomic E-state index is -1.25. The van der Waals surface area contributed by atoms with E-state index in [4.69, 9.17) is 4.74 Å². The van der Waals surface area contributed by atoms with Gasteiger partial charge in [0.1, 0.15) is 11.4 Å². The van der Waals surface area contributed by atoms with E-state index in [-0.39, 0.29) is 12.2 Å². The predicted molar refractivity (Wildman–Crippen MR) is 73.5 cm³/mol. The first-order valence-corrected chi connectivity index (χ1v) is 6.34. The average molecular weight is 280 g/mol. The molecule has 0 spiro atoms. The van der Waals surface area contributed by atoms with Crippen molar-refractivity contribution in [1.82, 2.24) is 0 Å². The molecule has 0 saturated heterocycles. The maximum absolute atomic E-state index is 11.9. The van der Waals surface area contributed by atoms with Crippen LogP contribution in [0.15, 0.2) is 18.2 Å². The summed E-state index contributed by atoms with van der Waals surface area (Å²) in [4.78, 5) is 23.1. The van der Waals surface area contributed by atoms with Gasteiger partial charge in [-0.15, -0.1) is 0 Å². The Balaban J connectivity index is 2.90. The molecule has 0 aromatic heterocycles. The smallest absolute Gasteiger partial charge is 0.321 e. The van der Waals surface area contributed by atoms with Gasteiger partial charge in [-0.1, -0.05) is 12.1 Å². The fourth-order valence-electron chi connectivity index (χ4n) is 1.72. The van der Waals surface area contributed by atoms with Crippen molar-refractivity contribution in [2.24, 2.45) is 5.92 Å². The van der Waals surface area contributed by atoms with E-state index in [0.29, 0.717) is 11.1 Å². The number of ether oxygens (including phenoxy) is 1. The Bertz CT molecular complexity index is 513. The summed E-state index contributed by atoms with van der Waals surface area (Å²) in [7, 11) is 0. The van der Waals surface area contributed by atoms with Crippen LogP contribution < -0.4 is 0 Å². The number of rotatable bonds is 4. The highest BCUT2D eigenvalue weighted by Gasteiger charge is 2.31. The number of benzene rings is 1. The Kier molecular flexibility index (Phi) is 4.76. The second-order valence-corrected chi connectivity index (χ2v) is 5.75. The van der Waals surface area contributed by atoms with Gasteiger partial charge in [-0.3, -0.25) is 9.59 Å². The Morgan fingerprint density at radius 3 is 2.35 bits per heavy atom. The Morgan fingerprint density at radius 1 is 1.30 bits per heavy atom. The lowest BCUT2D eigenvalue weighted by Gasteiger charge is -2.22. The van der Waals surface area contributed by atoms with Crippen LogP contribution in [0.4, 0.5) is 0 Å². The largest absolute Gasteiger partial charge is 0.508 e. The normalized spacial score (nSPS) is 12.8. The van der Waals surface area contributed by atoms with E-state index < -0.39 is 23.5 Å². The van der Waals surface area contributed by atoms with E-state index in [1.807, 2.05) is 0 Å². The summed E-state index contributed by atoms with van der Waals surface area (Å²) in [6, 6.07) is 4.75. The maximum atomic E-state index is 11.9. The minimum absolute atomic E-state index is 0.0331. The monoisotopic (exact) mass is 280 g/mol. The molecule has 0 amide bonds. The van der Waals surface area contributed by atoms with Gasteiger partial charge in [-0.25, -0.2) is 0 Å². The van der Waals surface area contributed by atoms with Crippen molar-refractivity contribution >= 4 is 11.9 Å². The standard InChI is InChI=1S/C15H20O5/c1-9-7-10(5-6-12(9)16)8-11(13(17)18)14(19)20-15(2,3)4/h5-7,11,16H,8H2,1-4H3,(H,17,18). The molecule has 0 fully saturated rings. The Hall–Kier alpha value is -2.04. The van der Waals surface area contributed by atoms with E-state index in [9.17, 15) is 19.8 Å². The first-order chi connectivity index (χ1) is 9.10. The van der Waals surface area contributed by atoms with Gasteiger partial charge in [0.2, 0.25) is 0 Å². The lowest BCUT2D eigenvalue weighted by atomic mass is 9.97. The molecule has 1 unspecified atom stereocenters. The van der Waals surface area contributed by atoms with Crippen LogP contribution in [0.1, 0.15) is 31.9 Å². The molecule has 110 valence electrons. The zero-order valence-electron chi connectivity index (χ0n) is 12.1. The van der Waals surface area contributed by atoms with Crippen molar-refractivity contribution < 1.29 is 24.5 Å². The fourth-order valence-corrected chi connectivity index (χ4v) is 1.72. The summed E-state index contributed by atoms with van der Waals surface area (Å²) >= 11 is 0. The number of hydrogen-bond acceptors (Lipinski definition) is 4. The molecule has 1 rings (SSSR count). The Morgan fingerprint density at radius 2 is 1.90 bits per heavy atom. The highest BCUT2D eigenvalue weighted by atomic mass is 16.6. The number of esters is 1. The molecule has 1 aromatic carbocycles. The van der Waals surface area contributed by atoms with Crippen LogP contribution in [0.3, 0.4) is 0 Å². The zero-order valence-corrected chi connectivity index (χ0v) is 12.1. The van der Waals surface area contributed by atoms with Gasteiger partial charge in [-0.05, 0) is 51.3 Å². The van der Waals surface area contributed by atoms with Gasteiger partial charge in [-0.2, -0.15) is 0 Å². The number of carboxylic acid groups (broad SMARTS) is 1.